The first-order chi connectivity index (χ1) is 6.76. The second-order valence-electron chi connectivity index (χ2n) is 2.94. The minimum atomic E-state index is -0.201. The second-order valence-corrected chi connectivity index (χ2v) is 2.94. The maximum absolute atomic E-state index is 10.8. The molecule has 76 valence electrons. The van der Waals surface area contributed by atoms with Gasteiger partial charge in [0.15, 0.2) is 0 Å². The van der Waals surface area contributed by atoms with Gasteiger partial charge in [0.05, 0.1) is 12.8 Å². The highest BCUT2D eigenvalue weighted by molar-refractivity contribution is 5.69. The van der Waals surface area contributed by atoms with Gasteiger partial charge in [0.2, 0.25) is 0 Å². The summed E-state index contributed by atoms with van der Waals surface area (Å²) in [6.45, 7) is 0.442. The number of hydrogen-bond acceptors (Lipinski definition) is 4. The average molecular weight is 194 g/mol. The van der Waals surface area contributed by atoms with Crippen LogP contribution in [0, 0.1) is 0 Å². The molecule has 1 rings (SSSR count). The van der Waals surface area contributed by atoms with Gasteiger partial charge in [-0.2, -0.15) is 0 Å². The van der Waals surface area contributed by atoms with Gasteiger partial charge in [-0.3, -0.25) is 9.78 Å². The SMILES string of the molecule is COC(=O)CCc1ccc(CN)nc1. The van der Waals surface area contributed by atoms with Gasteiger partial charge in [-0.15, -0.1) is 0 Å². The Morgan fingerprint density at radius 2 is 2.36 bits per heavy atom. The summed E-state index contributed by atoms with van der Waals surface area (Å²) in [6.07, 6.45) is 2.79. The van der Waals surface area contributed by atoms with Crippen LogP contribution >= 0.6 is 0 Å². The molecule has 2 N–H and O–H groups in total. The molecule has 0 spiro atoms. The zero-order chi connectivity index (χ0) is 10.4. The summed E-state index contributed by atoms with van der Waals surface area (Å²) in [4.78, 5) is 15.0. The molecule has 0 aliphatic rings. The van der Waals surface area contributed by atoms with Crippen LogP contribution in [0.15, 0.2) is 18.3 Å². The lowest BCUT2D eigenvalue weighted by Crippen LogP contribution is -2.03. The van der Waals surface area contributed by atoms with E-state index in [1.54, 1.807) is 6.20 Å². The van der Waals surface area contributed by atoms with E-state index in [0.29, 0.717) is 19.4 Å². The van der Waals surface area contributed by atoms with Gasteiger partial charge < -0.3 is 10.5 Å². The molecule has 0 aromatic carbocycles. The Hall–Kier alpha value is -1.42. The first-order valence-corrected chi connectivity index (χ1v) is 4.47. The number of ether oxygens (including phenoxy) is 1. The number of nitrogens with two attached hydrogens (primary N) is 1. The number of esters is 1. The number of carbonyl (C=O) groups excluding carboxylic acids is 1. The molecular weight excluding hydrogens is 180 g/mol. The second kappa shape index (κ2) is 5.34. The van der Waals surface area contributed by atoms with E-state index in [4.69, 9.17) is 5.73 Å². The lowest BCUT2D eigenvalue weighted by molar-refractivity contribution is -0.140. The van der Waals surface area contributed by atoms with Crippen molar-refractivity contribution >= 4 is 5.97 Å². The highest BCUT2D eigenvalue weighted by Crippen LogP contribution is 2.03. The number of aromatic nitrogens is 1. The van der Waals surface area contributed by atoms with Crippen molar-refractivity contribution in [3.05, 3.63) is 29.6 Å². The van der Waals surface area contributed by atoms with Crippen molar-refractivity contribution in [2.24, 2.45) is 5.73 Å². The number of methoxy groups -OCH3 is 1. The van der Waals surface area contributed by atoms with Crippen LogP contribution < -0.4 is 5.73 Å². The van der Waals surface area contributed by atoms with E-state index in [1.807, 2.05) is 12.1 Å². The van der Waals surface area contributed by atoms with Crippen LogP contribution in [-0.2, 0) is 22.5 Å². The zero-order valence-corrected chi connectivity index (χ0v) is 8.19. The van der Waals surface area contributed by atoms with E-state index in [9.17, 15) is 4.79 Å². The Labute approximate surface area is 83.1 Å². The zero-order valence-electron chi connectivity index (χ0n) is 8.19. The molecule has 0 saturated heterocycles. The van der Waals surface area contributed by atoms with Gasteiger partial charge in [0.25, 0.3) is 0 Å². The van der Waals surface area contributed by atoms with Crippen molar-refractivity contribution < 1.29 is 9.53 Å². The Morgan fingerprint density at radius 3 is 2.86 bits per heavy atom. The Morgan fingerprint density at radius 1 is 1.57 bits per heavy atom. The minimum absolute atomic E-state index is 0.201. The lowest BCUT2D eigenvalue weighted by Gasteiger charge is -2.01. The van der Waals surface area contributed by atoms with Gasteiger partial charge >= 0.3 is 5.97 Å². The first kappa shape index (κ1) is 10.7. The molecule has 4 nitrogen and oxygen atoms in total. The number of carbonyl (C=O) groups is 1. The molecule has 1 aromatic rings. The highest BCUT2D eigenvalue weighted by atomic mass is 16.5. The van der Waals surface area contributed by atoms with Crippen molar-refractivity contribution in [1.29, 1.82) is 0 Å². The summed E-state index contributed by atoms with van der Waals surface area (Å²) in [6, 6.07) is 3.80. The predicted octanol–water partition coefficient (Wildman–Crippen LogP) is 0.646. The van der Waals surface area contributed by atoms with Gasteiger partial charge in [-0.1, -0.05) is 6.07 Å². The van der Waals surface area contributed by atoms with Crippen LogP contribution in [0.5, 0.6) is 0 Å². The van der Waals surface area contributed by atoms with Crippen molar-refractivity contribution in [2.45, 2.75) is 19.4 Å². The standard InChI is InChI=1S/C10H14N2O2/c1-14-10(13)5-3-8-2-4-9(6-11)12-7-8/h2,4,7H,3,5-6,11H2,1H3. The Bertz CT molecular complexity index is 295. The van der Waals surface area contributed by atoms with E-state index in [0.717, 1.165) is 11.3 Å². The van der Waals surface area contributed by atoms with E-state index in [2.05, 4.69) is 9.72 Å². The fourth-order valence-corrected chi connectivity index (χ4v) is 1.07. The van der Waals surface area contributed by atoms with Crippen LogP contribution in [0.1, 0.15) is 17.7 Å². The Kier molecular flexibility index (Phi) is 4.07. The topological polar surface area (TPSA) is 65.2 Å². The molecule has 0 fully saturated rings. The summed E-state index contributed by atoms with van der Waals surface area (Å²) < 4.78 is 4.54. The van der Waals surface area contributed by atoms with Gasteiger partial charge in [-0.25, -0.2) is 0 Å². The fraction of sp³-hybridized carbons (Fsp3) is 0.400. The third kappa shape index (κ3) is 3.14. The fourth-order valence-electron chi connectivity index (χ4n) is 1.07. The van der Waals surface area contributed by atoms with Crippen LogP contribution in [0.2, 0.25) is 0 Å². The number of nitrogens with zero attached hydrogens (tertiary/aromatic N) is 1. The molecule has 0 saturated carbocycles. The molecule has 0 bridgehead atoms. The Balaban J connectivity index is 2.47. The molecule has 0 atom stereocenters. The maximum Gasteiger partial charge on any atom is 0.305 e. The van der Waals surface area contributed by atoms with Crippen molar-refractivity contribution in [2.75, 3.05) is 7.11 Å². The van der Waals surface area contributed by atoms with E-state index in [-0.39, 0.29) is 5.97 Å². The summed E-state index contributed by atoms with van der Waals surface area (Å²) in [7, 11) is 1.39. The van der Waals surface area contributed by atoms with Crippen LogP contribution in [0.25, 0.3) is 0 Å². The van der Waals surface area contributed by atoms with Gasteiger partial charge in [-0.05, 0) is 18.1 Å². The molecule has 0 amide bonds. The average Bonchev–Trinajstić information content (AvgIpc) is 2.26. The smallest absolute Gasteiger partial charge is 0.305 e. The van der Waals surface area contributed by atoms with Crippen molar-refractivity contribution in [3.8, 4) is 0 Å². The molecule has 1 heterocycles. The summed E-state index contributed by atoms with van der Waals surface area (Å²) in [5.41, 5.74) is 7.28. The monoisotopic (exact) mass is 194 g/mol. The maximum atomic E-state index is 10.8. The van der Waals surface area contributed by atoms with Crippen LogP contribution in [0.3, 0.4) is 0 Å². The molecule has 0 aliphatic heterocycles. The predicted molar refractivity (Wildman–Crippen MR) is 52.5 cm³/mol. The van der Waals surface area contributed by atoms with E-state index < -0.39 is 0 Å². The quantitative estimate of drug-likeness (QED) is 0.714. The molecule has 14 heavy (non-hydrogen) atoms. The third-order valence-corrected chi connectivity index (χ3v) is 1.94. The number of pyridine rings is 1. The van der Waals surface area contributed by atoms with Crippen molar-refractivity contribution in [1.82, 2.24) is 4.98 Å². The lowest BCUT2D eigenvalue weighted by atomic mass is 10.1. The summed E-state index contributed by atoms with van der Waals surface area (Å²) in [5.74, 6) is -0.201. The van der Waals surface area contributed by atoms with E-state index in [1.165, 1.54) is 7.11 Å². The highest BCUT2D eigenvalue weighted by Gasteiger charge is 2.01. The molecule has 0 aliphatic carbocycles. The molecule has 0 unspecified atom stereocenters. The first-order valence-electron chi connectivity index (χ1n) is 4.47. The third-order valence-electron chi connectivity index (χ3n) is 1.94. The van der Waals surface area contributed by atoms with Crippen LogP contribution in [0.4, 0.5) is 0 Å². The molecule has 4 heteroatoms. The number of aryl methyl sites for hydroxylation is 1. The summed E-state index contributed by atoms with van der Waals surface area (Å²) in [5, 5.41) is 0. The molecule has 0 radical (unpaired) electrons. The van der Waals surface area contributed by atoms with Crippen molar-refractivity contribution in [3.63, 3.8) is 0 Å². The van der Waals surface area contributed by atoms with Gasteiger partial charge in [0, 0.05) is 19.2 Å². The summed E-state index contributed by atoms with van der Waals surface area (Å²) >= 11 is 0. The number of hydrogen-bond donors (Lipinski definition) is 1. The normalized spacial score (nSPS) is 9.86. The van der Waals surface area contributed by atoms with E-state index >= 15 is 0 Å². The van der Waals surface area contributed by atoms with Crippen LogP contribution in [-0.4, -0.2) is 18.1 Å². The minimum Gasteiger partial charge on any atom is -0.469 e. The molecule has 1 aromatic heterocycles. The van der Waals surface area contributed by atoms with Gasteiger partial charge in [0.1, 0.15) is 0 Å². The largest absolute Gasteiger partial charge is 0.469 e. The molecular formula is C10H14N2O2. The number of rotatable bonds is 4.